The Morgan fingerprint density at radius 3 is 2.17 bits per heavy atom. The lowest BCUT2D eigenvalue weighted by molar-refractivity contribution is -0.384. The first-order valence-corrected chi connectivity index (χ1v) is 7.84. The first-order chi connectivity index (χ1) is 11.0. The molecule has 1 heterocycles. The Labute approximate surface area is 138 Å². The molecule has 23 heavy (non-hydrogen) atoms. The third-order valence-corrected chi connectivity index (χ3v) is 4.59. The van der Waals surface area contributed by atoms with Crippen LogP contribution in [-0.4, -0.2) is 24.0 Å². The van der Waals surface area contributed by atoms with Gasteiger partial charge in [0.15, 0.2) is 0 Å². The summed E-state index contributed by atoms with van der Waals surface area (Å²) in [6, 6.07) is 14.8. The summed E-state index contributed by atoms with van der Waals surface area (Å²) in [5.74, 6) is 0. The zero-order valence-corrected chi connectivity index (χ0v) is 13.6. The van der Waals surface area contributed by atoms with Crippen molar-refractivity contribution in [1.29, 1.82) is 0 Å². The predicted octanol–water partition coefficient (Wildman–Crippen LogP) is 4.45. The molecule has 0 amide bonds. The second-order valence-corrected chi connectivity index (χ2v) is 6.31. The number of anilines is 1. The molecular formula is C17H15N3O2S. The quantitative estimate of drug-likeness (QED) is 0.525. The second-order valence-electron chi connectivity index (χ2n) is 5.27. The van der Waals surface area contributed by atoms with Crippen molar-refractivity contribution in [2.45, 2.75) is 0 Å². The number of nitro groups is 1. The Kier molecular flexibility index (Phi) is 4.08. The molecule has 3 aromatic rings. The van der Waals surface area contributed by atoms with Crippen LogP contribution in [-0.2, 0) is 0 Å². The number of hydrogen-bond acceptors (Lipinski definition) is 5. The number of aromatic nitrogens is 1. The van der Waals surface area contributed by atoms with Gasteiger partial charge in [-0.15, -0.1) is 11.3 Å². The van der Waals surface area contributed by atoms with E-state index in [1.54, 1.807) is 29.7 Å². The van der Waals surface area contributed by atoms with Crippen molar-refractivity contribution in [3.8, 4) is 21.0 Å². The van der Waals surface area contributed by atoms with Crippen molar-refractivity contribution in [3.63, 3.8) is 0 Å². The summed E-state index contributed by atoms with van der Waals surface area (Å²) in [6.45, 7) is 0. The number of rotatable bonds is 4. The van der Waals surface area contributed by atoms with Gasteiger partial charge in [0.2, 0.25) is 0 Å². The Bertz CT molecular complexity index is 824. The van der Waals surface area contributed by atoms with Crippen LogP contribution in [0.5, 0.6) is 0 Å². The topological polar surface area (TPSA) is 59.3 Å². The van der Waals surface area contributed by atoms with Crippen LogP contribution in [0.25, 0.3) is 21.0 Å². The number of benzene rings is 2. The van der Waals surface area contributed by atoms with Crippen LogP contribution in [0.3, 0.4) is 0 Å². The molecule has 0 aliphatic heterocycles. The van der Waals surface area contributed by atoms with Gasteiger partial charge in [0.05, 0.1) is 9.80 Å². The fourth-order valence-corrected chi connectivity index (χ4v) is 3.12. The van der Waals surface area contributed by atoms with Gasteiger partial charge in [-0.1, -0.05) is 0 Å². The summed E-state index contributed by atoms with van der Waals surface area (Å²) < 4.78 is 0. The molecule has 6 heteroatoms. The van der Waals surface area contributed by atoms with Gasteiger partial charge in [0.25, 0.3) is 5.69 Å². The molecule has 0 atom stereocenters. The van der Waals surface area contributed by atoms with Crippen LogP contribution in [0.15, 0.2) is 54.7 Å². The SMILES string of the molecule is CN(C)c1ccc(-c2ncc(-c3ccc([N+](=O)[O-])cc3)s2)cc1. The maximum atomic E-state index is 10.7. The summed E-state index contributed by atoms with van der Waals surface area (Å²) in [6.07, 6.45) is 1.81. The normalized spacial score (nSPS) is 10.5. The summed E-state index contributed by atoms with van der Waals surface area (Å²) >= 11 is 1.57. The Balaban J connectivity index is 1.86. The van der Waals surface area contributed by atoms with E-state index in [1.165, 1.54) is 12.1 Å². The lowest BCUT2D eigenvalue weighted by Crippen LogP contribution is -2.07. The van der Waals surface area contributed by atoms with Crippen LogP contribution < -0.4 is 4.90 Å². The predicted molar refractivity (Wildman–Crippen MR) is 94.0 cm³/mol. The smallest absolute Gasteiger partial charge is 0.269 e. The maximum Gasteiger partial charge on any atom is 0.269 e. The van der Waals surface area contributed by atoms with E-state index < -0.39 is 4.92 Å². The average Bonchev–Trinajstić information content (AvgIpc) is 3.05. The lowest BCUT2D eigenvalue weighted by Gasteiger charge is -2.11. The Morgan fingerprint density at radius 1 is 1.00 bits per heavy atom. The first-order valence-electron chi connectivity index (χ1n) is 7.03. The van der Waals surface area contributed by atoms with E-state index in [9.17, 15) is 10.1 Å². The van der Waals surface area contributed by atoms with Gasteiger partial charge in [0.1, 0.15) is 5.01 Å². The standard InChI is InChI=1S/C17H15N3O2S/c1-19(2)14-7-5-13(6-8-14)17-18-11-16(23-17)12-3-9-15(10-4-12)20(21)22/h3-11H,1-2H3. The van der Waals surface area contributed by atoms with Crippen LogP contribution in [0.2, 0.25) is 0 Å². The molecule has 0 saturated heterocycles. The van der Waals surface area contributed by atoms with Crippen LogP contribution in [0, 0.1) is 10.1 Å². The van der Waals surface area contributed by atoms with Gasteiger partial charge in [-0.3, -0.25) is 10.1 Å². The van der Waals surface area contributed by atoms with Crippen molar-refractivity contribution < 1.29 is 4.92 Å². The number of thiazole rings is 1. The van der Waals surface area contributed by atoms with E-state index in [0.717, 1.165) is 26.7 Å². The lowest BCUT2D eigenvalue weighted by atomic mass is 10.2. The van der Waals surface area contributed by atoms with Crippen molar-refractivity contribution in [2.24, 2.45) is 0 Å². The molecule has 0 radical (unpaired) electrons. The minimum absolute atomic E-state index is 0.0952. The number of nitrogens with zero attached hydrogens (tertiary/aromatic N) is 3. The van der Waals surface area contributed by atoms with Gasteiger partial charge < -0.3 is 4.90 Å². The molecule has 0 N–H and O–H groups in total. The third-order valence-electron chi connectivity index (χ3n) is 3.50. The zero-order valence-electron chi connectivity index (χ0n) is 12.8. The highest BCUT2D eigenvalue weighted by atomic mass is 32.1. The summed E-state index contributed by atoms with van der Waals surface area (Å²) in [5, 5.41) is 11.6. The van der Waals surface area contributed by atoms with Crippen LogP contribution in [0.1, 0.15) is 0 Å². The van der Waals surface area contributed by atoms with E-state index in [0.29, 0.717) is 0 Å². The minimum atomic E-state index is -0.395. The van der Waals surface area contributed by atoms with Crippen molar-refractivity contribution in [3.05, 3.63) is 64.8 Å². The van der Waals surface area contributed by atoms with E-state index in [1.807, 2.05) is 31.1 Å². The molecule has 5 nitrogen and oxygen atoms in total. The Hall–Kier alpha value is -2.73. The van der Waals surface area contributed by atoms with E-state index in [4.69, 9.17) is 0 Å². The molecule has 1 aromatic heterocycles. The van der Waals surface area contributed by atoms with Crippen molar-refractivity contribution >= 4 is 22.7 Å². The van der Waals surface area contributed by atoms with Crippen molar-refractivity contribution in [2.75, 3.05) is 19.0 Å². The molecule has 0 saturated carbocycles. The third kappa shape index (κ3) is 3.22. The summed E-state index contributed by atoms with van der Waals surface area (Å²) in [5.41, 5.74) is 3.23. The number of hydrogen-bond donors (Lipinski definition) is 0. The molecule has 0 aliphatic carbocycles. The molecule has 3 rings (SSSR count). The van der Waals surface area contributed by atoms with Gasteiger partial charge in [-0.2, -0.15) is 0 Å². The van der Waals surface area contributed by atoms with E-state index in [-0.39, 0.29) is 5.69 Å². The molecule has 0 unspecified atom stereocenters. The zero-order chi connectivity index (χ0) is 16.4. The van der Waals surface area contributed by atoms with Crippen molar-refractivity contribution in [1.82, 2.24) is 4.98 Å². The van der Waals surface area contributed by atoms with Gasteiger partial charge >= 0.3 is 0 Å². The first kappa shape index (κ1) is 15.2. The summed E-state index contributed by atoms with van der Waals surface area (Å²) in [7, 11) is 4.01. The molecular weight excluding hydrogens is 310 g/mol. The highest BCUT2D eigenvalue weighted by Gasteiger charge is 2.09. The number of non-ortho nitro benzene ring substituents is 1. The summed E-state index contributed by atoms with van der Waals surface area (Å²) in [4.78, 5) is 17.8. The van der Waals surface area contributed by atoms with Gasteiger partial charge in [-0.05, 0) is 42.0 Å². The minimum Gasteiger partial charge on any atom is -0.378 e. The van der Waals surface area contributed by atoms with E-state index in [2.05, 4.69) is 17.1 Å². The molecule has 0 bridgehead atoms. The number of nitro benzene ring substituents is 1. The second kappa shape index (κ2) is 6.18. The van der Waals surface area contributed by atoms with Crippen LogP contribution in [0.4, 0.5) is 11.4 Å². The molecule has 2 aromatic carbocycles. The van der Waals surface area contributed by atoms with E-state index >= 15 is 0 Å². The molecule has 0 spiro atoms. The fourth-order valence-electron chi connectivity index (χ4n) is 2.19. The van der Waals surface area contributed by atoms with Gasteiger partial charge in [-0.25, -0.2) is 4.98 Å². The van der Waals surface area contributed by atoms with Crippen LogP contribution >= 0.6 is 11.3 Å². The Morgan fingerprint density at radius 2 is 1.61 bits per heavy atom. The average molecular weight is 325 g/mol. The fraction of sp³-hybridized carbons (Fsp3) is 0.118. The largest absolute Gasteiger partial charge is 0.378 e. The highest BCUT2D eigenvalue weighted by Crippen LogP contribution is 2.33. The molecule has 0 fully saturated rings. The molecule has 116 valence electrons. The monoisotopic (exact) mass is 325 g/mol. The highest BCUT2D eigenvalue weighted by molar-refractivity contribution is 7.18. The maximum absolute atomic E-state index is 10.7. The molecule has 0 aliphatic rings. The van der Waals surface area contributed by atoms with Gasteiger partial charge in [0, 0.05) is 43.7 Å².